The zero-order valence-electron chi connectivity index (χ0n) is 12.8. The molecule has 1 aliphatic heterocycles. The predicted molar refractivity (Wildman–Crippen MR) is 83.9 cm³/mol. The smallest absolute Gasteiger partial charge is 0.237 e. The Labute approximate surface area is 127 Å². The molecule has 1 saturated heterocycles. The molecule has 2 N–H and O–H groups in total. The van der Waals surface area contributed by atoms with Gasteiger partial charge in [-0.05, 0) is 37.9 Å². The molecule has 1 aliphatic rings. The lowest BCUT2D eigenvalue weighted by Gasteiger charge is -2.33. The Balaban J connectivity index is 1.76. The van der Waals surface area contributed by atoms with E-state index in [9.17, 15) is 9.90 Å². The summed E-state index contributed by atoms with van der Waals surface area (Å²) in [6, 6.07) is 9.59. The highest BCUT2D eigenvalue weighted by molar-refractivity contribution is 5.81. The van der Waals surface area contributed by atoms with Gasteiger partial charge in [0, 0.05) is 6.54 Å². The Morgan fingerprint density at radius 1 is 1.38 bits per heavy atom. The lowest BCUT2D eigenvalue weighted by Crippen LogP contribution is -2.49. The van der Waals surface area contributed by atoms with Gasteiger partial charge in [-0.25, -0.2) is 0 Å². The van der Waals surface area contributed by atoms with Crippen LogP contribution < -0.4 is 5.32 Å². The molecular weight excluding hydrogens is 264 g/mol. The third-order valence-electron chi connectivity index (χ3n) is 4.22. The first-order valence-electron chi connectivity index (χ1n) is 7.97. The summed E-state index contributed by atoms with van der Waals surface area (Å²) in [6.45, 7) is 4.56. The topological polar surface area (TPSA) is 52.6 Å². The molecule has 116 valence electrons. The number of likely N-dealkylation sites (N-methyl/N-ethyl adjacent to an activating group) is 1. The van der Waals surface area contributed by atoms with Gasteiger partial charge in [0.15, 0.2) is 0 Å². The fraction of sp³-hybridized carbons (Fsp3) is 0.588. The van der Waals surface area contributed by atoms with Crippen LogP contribution in [0.25, 0.3) is 0 Å². The summed E-state index contributed by atoms with van der Waals surface area (Å²) in [4.78, 5) is 14.5. The number of aliphatic hydroxyl groups excluding tert-OH is 1. The van der Waals surface area contributed by atoms with Crippen molar-refractivity contribution in [3.63, 3.8) is 0 Å². The van der Waals surface area contributed by atoms with E-state index < -0.39 is 6.10 Å². The number of hydrogen-bond donors (Lipinski definition) is 2. The number of nitrogens with zero attached hydrogens (tertiary/aromatic N) is 1. The predicted octanol–water partition coefficient (Wildman–Crippen LogP) is 2.10. The quantitative estimate of drug-likeness (QED) is 0.843. The zero-order valence-corrected chi connectivity index (χ0v) is 12.8. The van der Waals surface area contributed by atoms with Crippen molar-refractivity contribution in [3.8, 4) is 0 Å². The van der Waals surface area contributed by atoms with E-state index in [2.05, 4.69) is 17.1 Å². The summed E-state index contributed by atoms with van der Waals surface area (Å²) in [6.07, 6.45) is 3.29. The second-order valence-corrected chi connectivity index (χ2v) is 5.65. The zero-order chi connectivity index (χ0) is 15.1. The van der Waals surface area contributed by atoms with Crippen LogP contribution in [0.5, 0.6) is 0 Å². The molecule has 2 atom stereocenters. The van der Waals surface area contributed by atoms with Gasteiger partial charge in [-0.1, -0.05) is 43.7 Å². The molecule has 2 unspecified atom stereocenters. The number of carbonyl (C=O) groups excluding carboxylic acids is 1. The van der Waals surface area contributed by atoms with E-state index >= 15 is 0 Å². The molecule has 0 saturated carbocycles. The van der Waals surface area contributed by atoms with Crippen molar-refractivity contribution in [2.75, 3.05) is 19.6 Å². The first-order valence-corrected chi connectivity index (χ1v) is 7.97. The van der Waals surface area contributed by atoms with Crippen LogP contribution in [0.1, 0.15) is 44.3 Å². The molecule has 1 fully saturated rings. The summed E-state index contributed by atoms with van der Waals surface area (Å²) in [7, 11) is 0. The van der Waals surface area contributed by atoms with E-state index in [0.717, 1.165) is 31.5 Å². The van der Waals surface area contributed by atoms with Gasteiger partial charge in [-0.15, -0.1) is 0 Å². The first-order chi connectivity index (χ1) is 10.2. The van der Waals surface area contributed by atoms with Gasteiger partial charge in [-0.2, -0.15) is 0 Å². The molecule has 0 spiro atoms. The van der Waals surface area contributed by atoms with Crippen LogP contribution in [0.15, 0.2) is 30.3 Å². The lowest BCUT2D eigenvalue weighted by molar-refractivity contribution is -0.127. The standard InChI is InChI=1S/C17H26N2O2/c1-2-19-13-7-6-10-15(19)17(21)18-12-11-16(20)14-8-4-3-5-9-14/h3-5,8-9,15-16,20H,2,6-7,10-13H2,1H3,(H,18,21). The van der Waals surface area contributed by atoms with E-state index in [4.69, 9.17) is 0 Å². The molecule has 21 heavy (non-hydrogen) atoms. The van der Waals surface area contributed by atoms with E-state index in [0.29, 0.717) is 13.0 Å². The summed E-state index contributed by atoms with van der Waals surface area (Å²) in [5.41, 5.74) is 0.902. The number of hydrogen-bond acceptors (Lipinski definition) is 3. The summed E-state index contributed by atoms with van der Waals surface area (Å²) in [5.74, 6) is 0.108. The van der Waals surface area contributed by atoms with Crippen molar-refractivity contribution < 1.29 is 9.90 Å². The molecule has 4 heteroatoms. The first kappa shape index (κ1) is 16.0. The lowest BCUT2D eigenvalue weighted by atomic mass is 10.0. The number of piperidine rings is 1. The second-order valence-electron chi connectivity index (χ2n) is 5.65. The highest BCUT2D eigenvalue weighted by Crippen LogP contribution is 2.17. The molecule has 1 aromatic carbocycles. The maximum atomic E-state index is 12.3. The van der Waals surface area contributed by atoms with Gasteiger partial charge in [0.05, 0.1) is 12.1 Å². The minimum absolute atomic E-state index is 0.0117. The van der Waals surface area contributed by atoms with Crippen molar-refractivity contribution in [3.05, 3.63) is 35.9 Å². The fourth-order valence-electron chi connectivity index (χ4n) is 2.96. The highest BCUT2D eigenvalue weighted by atomic mass is 16.3. The third-order valence-corrected chi connectivity index (χ3v) is 4.22. The molecule has 1 aromatic rings. The maximum Gasteiger partial charge on any atom is 0.237 e. The van der Waals surface area contributed by atoms with E-state index in [-0.39, 0.29) is 11.9 Å². The minimum Gasteiger partial charge on any atom is -0.388 e. The summed E-state index contributed by atoms with van der Waals surface area (Å²) >= 11 is 0. The molecule has 1 amide bonds. The molecule has 0 aromatic heterocycles. The highest BCUT2D eigenvalue weighted by Gasteiger charge is 2.27. The fourth-order valence-corrected chi connectivity index (χ4v) is 2.96. The number of benzene rings is 1. The normalized spacial score (nSPS) is 21.0. The Morgan fingerprint density at radius 2 is 2.14 bits per heavy atom. The molecular formula is C17H26N2O2. The van der Waals surface area contributed by atoms with Crippen LogP contribution in [-0.2, 0) is 4.79 Å². The largest absolute Gasteiger partial charge is 0.388 e. The SMILES string of the molecule is CCN1CCCCC1C(=O)NCCC(O)c1ccccc1. The molecule has 0 radical (unpaired) electrons. The van der Waals surface area contributed by atoms with Crippen molar-refractivity contribution in [2.24, 2.45) is 0 Å². The number of rotatable bonds is 6. The minimum atomic E-state index is -0.514. The van der Waals surface area contributed by atoms with Crippen LogP contribution in [0.4, 0.5) is 0 Å². The number of likely N-dealkylation sites (tertiary alicyclic amines) is 1. The van der Waals surface area contributed by atoms with Crippen LogP contribution in [0.2, 0.25) is 0 Å². The number of carbonyl (C=O) groups is 1. The Hall–Kier alpha value is -1.39. The molecule has 4 nitrogen and oxygen atoms in total. The van der Waals surface area contributed by atoms with Crippen LogP contribution >= 0.6 is 0 Å². The van der Waals surface area contributed by atoms with Crippen molar-refractivity contribution in [1.82, 2.24) is 10.2 Å². The van der Waals surface area contributed by atoms with Gasteiger partial charge in [0.1, 0.15) is 0 Å². The average molecular weight is 290 g/mol. The van der Waals surface area contributed by atoms with Gasteiger partial charge in [0.2, 0.25) is 5.91 Å². The number of amides is 1. The molecule has 1 heterocycles. The maximum absolute atomic E-state index is 12.3. The van der Waals surface area contributed by atoms with Crippen molar-refractivity contribution in [1.29, 1.82) is 0 Å². The Bertz CT molecular complexity index is 436. The van der Waals surface area contributed by atoms with Gasteiger partial charge in [0.25, 0.3) is 0 Å². The molecule has 0 aliphatic carbocycles. The van der Waals surface area contributed by atoms with E-state index in [1.165, 1.54) is 6.42 Å². The van der Waals surface area contributed by atoms with Crippen molar-refractivity contribution >= 4 is 5.91 Å². The number of aliphatic hydroxyl groups is 1. The Kier molecular flexibility index (Phi) is 6.21. The average Bonchev–Trinajstić information content (AvgIpc) is 2.55. The molecule has 0 bridgehead atoms. The van der Waals surface area contributed by atoms with Crippen LogP contribution in [-0.4, -0.2) is 41.6 Å². The summed E-state index contributed by atoms with van der Waals surface area (Å²) < 4.78 is 0. The van der Waals surface area contributed by atoms with Gasteiger partial charge < -0.3 is 10.4 Å². The third kappa shape index (κ3) is 4.55. The summed E-state index contributed by atoms with van der Waals surface area (Å²) in [5, 5.41) is 13.1. The number of nitrogens with one attached hydrogen (secondary N) is 1. The Morgan fingerprint density at radius 3 is 2.86 bits per heavy atom. The van der Waals surface area contributed by atoms with Gasteiger partial charge >= 0.3 is 0 Å². The van der Waals surface area contributed by atoms with Crippen LogP contribution in [0.3, 0.4) is 0 Å². The van der Waals surface area contributed by atoms with E-state index in [1.54, 1.807) is 0 Å². The van der Waals surface area contributed by atoms with Crippen molar-refractivity contribution in [2.45, 2.75) is 44.8 Å². The van der Waals surface area contributed by atoms with Gasteiger partial charge in [-0.3, -0.25) is 9.69 Å². The monoisotopic (exact) mass is 290 g/mol. The molecule has 2 rings (SSSR count). The van der Waals surface area contributed by atoms with E-state index in [1.807, 2.05) is 30.3 Å². The van der Waals surface area contributed by atoms with Crippen LogP contribution in [0, 0.1) is 0 Å². The second kappa shape index (κ2) is 8.15.